The predicted molar refractivity (Wildman–Crippen MR) is 75.0 cm³/mol. The fraction of sp³-hybridized carbons (Fsp3) is 0.429. The molecule has 1 aliphatic rings. The molecule has 0 aromatic heterocycles. The van der Waals surface area contributed by atoms with E-state index in [1.807, 2.05) is 24.8 Å². The molecule has 1 heterocycles. The number of amides is 1. The summed E-state index contributed by atoms with van der Waals surface area (Å²) in [6, 6.07) is 7.47. The van der Waals surface area contributed by atoms with Crippen molar-refractivity contribution in [1.82, 2.24) is 0 Å². The summed E-state index contributed by atoms with van der Waals surface area (Å²) >= 11 is 0. The topological polar surface area (TPSA) is 73.4 Å². The van der Waals surface area contributed by atoms with Gasteiger partial charge in [0.1, 0.15) is 0 Å². The van der Waals surface area contributed by atoms with Gasteiger partial charge in [-0.2, -0.15) is 5.26 Å². The summed E-state index contributed by atoms with van der Waals surface area (Å²) in [6.45, 7) is 4.76. The number of carbonyl (C=O) groups excluding carboxylic acids is 1. The quantitative estimate of drug-likeness (QED) is 0.861. The lowest BCUT2D eigenvalue weighted by molar-refractivity contribution is -0.117. The lowest BCUT2D eigenvalue weighted by Gasteiger charge is -2.38. The number of rotatable bonds is 2. The van der Waals surface area contributed by atoms with Crippen LogP contribution in [0.1, 0.15) is 19.4 Å². The third kappa shape index (κ3) is 2.69. The van der Waals surface area contributed by atoms with Gasteiger partial charge in [0.05, 0.1) is 29.6 Å². The van der Waals surface area contributed by atoms with Crippen molar-refractivity contribution < 1.29 is 4.79 Å². The second-order valence-corrected chi connectivity index (χ2v) is 5.61. The molecule has 2 rings (SSSR count). The van der Waals surface area contributed by atoms with E-state index in [0.29, 0.717) is 18.7 Å². The summed E-state index contributed by atoms with van der Waals surface area (Å²) in [6.07, 6.45) is 0. The summed E-state index contributed by atoms with van der Waals surface area (Å²) in [4.78, 5) is 15.6. The number of hydrogen-bond acceptors (Lipinski definition) is 4. The Labute approximate surface area is 113 Å². The van der Waals surface area contributed by atoms with E-state index >= 15 is 0 Å². The van der Waals surface area contributed by atoms with E-state index in [-0.39, 0.29) is 11.4 Å². The summed E-state index contributed by atoms with van der Waals surface area (Å²) in [7, 11) is 1.73. The molecule has 5 nitrogen and oxygen atoms in total. The number of carbonyl (C=O) groups is 1. The van der Waals surface area contributed by atoms with Gasteiger partial charge in [0.25, 0.3) is 0 Å². The molecular formula is C14H18N4O. The molecule has 1 aliphatic heterocycles. The Kier molecular flexibility index (Phi) is 3.21. The van der Waals surface area contributed by atoms with Gasteiger partial charge in [-0.25, -0.2) is 0 Å². The number of nitrogens with zero attached hydrogens (tertiary/aromatic N) is 3. The second-order valence-electron chi connectivity index (χ2n) is 5.61. The van der Waals surface area contributed by atoms with Gasteiger partial charge >= 0.3 is 0 Å². The van der Waals surface area contributed by atoms with E-state index in [1.54, 1.807) is 24.1 Å². The molecule has 1 amide bonds. The van der Waals surface area contributed by atoms with Crippen LogP contribution < -0.4 is 15.5 Å². The molecule has 0 aliphatic carbocycles. The first-order chi connectivity index (χ1) is 8.81. The SMILES string of the molecule is CN1C(=O)CN(CC(C)(C)N)c2ccc(C#N)cc21. The molecule has 0 saturated heterocycles. The van der Waals surface area contributed by atoms with E-state index in [4.69, 9.17) is 11.0 Å². The van der Waals surface area contributed by atoms with Crippen LogP contribution in [0.4, 0.5) is 11.4 Å². The minimum Gasteiger partial charge on any atom is -0.359 e. The third-order valence-corrected chi connectivity index (χ3v) is 3.11. The highest BCUT2D eigenvalue weighted by Gasteiger charge is 2.29. The zero-order valence-corrected chi connectivity index (χ0v) is 11.5. The molecule has 1 aromatic carbocycles. The highest BCUT2D eigenvalue weighted by Crippen LogP contribution is 2.34. The number of likely N-dealkylation sites (N-methyl/N-ethyl adjacent to an activating group) is 1. The molecule has 19 heavy (non-hydrogen) atoms. The molecule has 1 aromatic rings. The molecule has 0 fully saturated rings. The van der Waals surface area contributed by atoms with Gasteiger partial charge in [0.2, 0.25) is 5.91 Å². The van der Waals surface area contributed by atoms with Gasteiger partial charge in [-0.1, -0.05) is 0 Å². The van der Waals surface area contributed by atoms with Crippen molar-refractivity contribution in [2.75, 3.05) is 29.9 Å². The van der Waals surface area contributed by atoms with Crippen LogP contribution in [0.3, 0.4) is 0 Å². The van der Waals surface area contributed by atoms with E-state index < -0.39 is 0 Å². The largest absolute Gasteiger partial charge is 0.359 e. The minimum absolute atomic E-state index is 0.00633. The Morgan fingerprint density at radius 3 is 2.68 bits per heavy atom. The van der Waals surface area contributed by atoms with Gasteiger partial charge in [-0.15, -0.1) is 0 Å². The standard InChI is InChI=1S/C14H18N4O/c1-14(2,16)9-18-8-13(19)17(3)12-6-10(7-15)4-5-11(12)18/h4-6H,8-9,16H2,1-3H3. The lowest BCUT2D eigenvalue weighted by Crippen LogP contribution is -2.51. The van der Waals surface area contributed by atoms with Gasteiger partial charge in [-0.05, 0) is 32.0 Å². The first-order valence-electron chi connectivity index (χ1n) is 6.16. The number of fused-ring (bicyclic) bond motifs is 1. The molecule has 2 N–H and O–H groups in total. The normalized spacial score (nSPS) is 15.2. The minimum atomic E-state index is -0.388. The van der Waals surface area contributed by atoms with Gasteiger partial charge in [0, 0.05) is 19.1 Å². The number of anilines is 2. The van der Waals surface area contributed by atoms with Crippen LogP contribution in [-0.4, -0.2) is 31.6 Å². The average molecular weight is 258 g/mol. The second kappa shape index (κ2) is 4.56. The molecule has 0 bridgehead atoms. The van der Waals surface area contributed by atoms with E-state index in [0.717, 1.165) is 11.4 Å². The van der Waals surface area contributed by atoms with Crippen LogP contribution in [0.2, 0.25) is 0 Å². The Morgan fingerprint density at radius 2 is 2.11 bits per heavy atom. The fourth-order valence-electron chi connectivity index (χ4n) is 2.25. The first-order valence-corrected chi connectivity index (χ1v) is 6.16. The maximum absolute atomic E-state index is 12.0. The van der Waals surface area contributed by atoms with Crippen molar-refractivity contribution >= 4 is 17.3 Å². The highest BCUT2D eigenvalue weighted by molar-refractivity contribution is 6.03. The van der Waals surface area contributed by atoms with Crippen LogP contribution in [0.5, 0.6) is 0 Å². The van der Waals surface area contributed by atoms with Crippen LogP contribution in [-0.2, 0) is 4.79 Å². The smallest absolute Gasteiger partial charge is 0.246 e. The van der Waals surface area contributed by atoms with Crippen molar-refractivity contribution in [3.8, 4) is 6.07 Å². The first kappa shape index (κ1) is 13.4. The third-order valence-electron chi connectivity index (χ3n) is 3.11. The number of nitrogens with two attached hydrogens (primary N) is 1. The van der Waals surface area contributed by atoms with Crippen molar-refractivity contribution in [1.29, 1.82) is 5.26 Å². The number of benzene rings is 1. The zero-order valence-electron chi connectivity index (χ0n) is 11.5. The maximum atomic E-state index is 12.0. The van der Waals surface area contributed by atoms with E-state index in [1.165, 1.54) is 0 Å². The Balaban J connectivity index is 2.45. The van der Waals surface area contributed by atoms with Crippen molar-refractivity contribution in [2.24, 2.45) is 5.73 Å². The molecular weight excluding hydrogens is 240 g/mol. The van der Waals surface area contributed by atoms with Crippen LogP contribution in [0, 0.1) is 11.3 Å². The van der Waals surface area contributed by atoms with Crippen molar-refractivity contribution in [3.63, 3.8) is 0 Å². The van der Waals surface area contributed by atoms with Gasteiger partial charge in [-0.3, -0.25) is 4.79 Å². The number of nitriles is 1. The summed E-state index contributed by atoms with van der Waals surface area (Å²) < 4.78 is 0. The predicted octanol–water partition coefficient (Wildman–Crippen LogP) is 1.08. The highest BCUT2D eigenvalue weighted by atomic mass is 16.2. The van der Waals surface area contributed by atoms with Crippen molar-refractivity contribution in [2.45, 2.75) is 19.4 Å². The van der Waals surface area contributed by atoms with E-state index in [2.05, 4.69) is 6.07 Å². The lowest BCUT2D eigenvalue weighted by atomic mass is 10.0. The molecule has 100 valence electrons. The Bertz CT molecular complexity index is 554. The molecule has 0 radical (unpaired) electrons. The number of hydrogen-bond donors (Lipinski definition) is 1. The molecule has 0 spiro atoms. The molecule has 0 unspecified atom stereocenters. The summed E-state index contributed by atoms with van der Waals surface area (Å²) in [5.41, 5.74) is 7.91. The summed E-state index contributed by atoms with van der Waals surface area (Å²) in [5.74, 6) is 0.00633. The molecule has 0 saturated carbocycles. The Hall–Kier alpha value is -2.06. The summed E-state index contributed by atoms with van der Waals surface area (Å²) in [5, 5.41) is 8.96. The van der Waals surface area contributed by atoms with Crippen LogP contribution >= 0.6 is 0 Å². The van der Waals surface area contributed by atoms with Crippen LogP contribution in [0.15, 0.2) is 18.2 Å². The van der Waals surface area contributed by atoms with Crippen molar-refractivity contribution in [3.05, 3.63) is 23.8 Å². The molecule has 0 atom stereocenters. The van der Waals surface area contributed by atoms with Gasteiger partial charge in [0.15, 0.2) is 0 Å². The monoisotopic (exact) mass is 258 g/mol. The fourth-order valence-corrected chi connectivity index (χ4v) is 2.25. The average Bonchev–Trinajstić information content (AvgIpc) is 2.33. The zero-order chi connectivity index (χ0) is 14.2. The van der Waals surface area contributed by atoms with Gasteiger partial charge < -0.3 is 15.5 Å². The Morgan fingerprint density at radius 1 is 1.42 bits per heavy atom. The molecule has 5 heteroatoms. The van der Waals surface area contributed by atoms with E-state index in [9.17, 15) is 4.79 Å². The maximum Gasteiger partial charge on any atom is 0.246 e. The van der Waals surface area contributed by atoms with Crippen LogP contribution in [0.25, 0.3) is 0 Å².